The van der Waals surface area contributed by atoms with Crippen LogP contribution in [-0.2, 0) is 10.0 Å². The van der Waals surface area contributed by atoms with Gasteiger partial charge in [-0.25, -0.2) is 28.1 Å². The summed E-state index contributed by atoms with van der Waals surface area (Å²) in [5.41, 5.74) is 0.638. The van der Waals surface area contributed by atoms with Crippen LogP contribution in [0.15, 0.2) is 58.7 Å². The van der Waals surface area contributed by atoms with Gasteiger partial charge in [0.25, 0.3) is 0 Å². The summed E-state index contributed by atoms with van der Waals surface area (Å²) in [4.78, 5) is 13.7. The number of halogens is 1. The summed E-state index contributed by atoms with van der Waals surface area (Å²) in [5.74, 6) is 1.62. The lowest BCUT2D eigenvalue weighted by Gasteiger charge is -2.15. The third-order valence-electron chi connectivity index (χ3n) is 3.81. The molecule has 0 aliphatic rings. The quantitative estimate of drug-likeness (QED) is 0.420. The minimum absolute atomic E-state index is 0.165. The van der Waals surface area contributed by atoms with E-state index in [-0.39, 0.29) is 4.90 Å². The monoisotopic (exact) mass is 464 g/mol. The lowest BCUT2D eigenvalue weighted by molar-refractivity contribution is 0.588. The van der Waals surface area contributed by atoms with E-state index >= 15 is 0 Å². The van der Waals surface area contributed by atoms with E-state index in [1.54, 1.807) is 48.2 Å². The summed E-state index contributed by atoms with van der Waals surface area (Å²) >= 11 is 7.48. The Labute approximate surface area is 185 Å². The van der Waals surface area contributed by atoms with Gasteiger partial charge in [-0.05, 0) is 37.4 Å². The van der Waals surface area contributed by atoms with Crippen LogP contribution in [0.2, 0.25) is 5.02 Å². The highest BCUT2D eigenvalue weighted by Gasteiger charge is 2.16. The predicted molar refractivity (Wildman–Crippen MR) is 122 cm³/mol. The number of rotatable bonds is 8. The highest BCUT2D eigenvalue weighted by molar-refractivity contribution is 8.00. The second-order valence-corrected chi connectivity index (χ2v) is 10.4. The molecule has 0 saturated carbocycles. The minimum Gasteiger partial charge on any atom is -0.339 e. The molecular weight excluding hydrogens is 444 g/mol. The van der Waals surface area contributed by atoms with Gasteiger partial charge in [0, 0.05) is 22.4 Å². The van der Waals surface area contributed by atoms with Gasteiger partial charge in [0.1, 0.15) is 23.8 Å². The molecule has 3 rings (SSSR count). The Bertz CT molecular complexity index is 1120. The number of thioether (sulfide) groups is 1. The number of sulfonamides is 1. The molecule has 0 saturated heterocycles. The van der Waals surface area contributed by atoms with Crippen LogP contribution < -0.4 is 15.4 Å². The van der Waals surface area contributed by atoms with Gasteiger partial charge in [0.2, 0.25) is 10.0 Å². The smallest absolute Gasteiger partial charge is 0.240 e. The standard InChI is InChI=1S/C19H21ClN6O2S2/c1-12(2)29-16-6-5-14(30(27,28)21-3)8-15(16)25-18-9-19(24-11-23-18)26-17-7-4-13(20)10-22-17/h4-12,21H,1-3H3,(H2,22,23,24,25,26). The van der Waals surface area contributed by atoms with Crippen molar-refractivity contribution < 1.29 is 8.42 Å². The summed E-state index contributed by atoms with van der Waals surface area (Å²) in [6.07, 6.45) is 2.94. The molecule has 0 bridgehead atoms. The number of pyridine rings is 1. The number of benzene rings is 1. The number of hydrogen-bond acceptors (Lipinski definition) is 8. The van der Waals surface area contributed by atoms with Crippen LogP contribution in [-0.4, -0.2) is 35.7 Å². The third kappa shape index (κ3) is 5.82. The highest BCUT2D eigenvalue weighted by atomic mass is 35.5. The van der Waals surface area contributed by atoms with Gasteiger partial charge in [-0.1, -0.05) is 25.4 Å². The van der Waals surface area contributed by atoms with Crippen LogP contribution in [0.5, 0.6) is 0 Å². The van der Waals surface area contributed by atoms with Crippen LogP contribution in [0, 0.1) is 0 Å². The van der Waals surface area contributed by atoms with Crippen molar-refractivity contribution in [2.24, 2.45) is 0 Å². The molecule has 0 unspecified atom stereocenters. The van der Waals surface area contributed by atoms with Crippen molar-refractivity contribution >= 4 is 56.5 Å². The molecule has 0 atom stereocenters. The first-order chi connectivity index (χ1) is 14.3. The van der Waals surface area contributed by atoms with Gasteiger partial charge in [0.15, 0.2) is 0 Å². The van der Waals surface area contributed by atoms with E-state index in [2.05, 4.69) is 44.2 Å². The van der Waals surface area contributed by atoms with E-state index < -0.39 is 10.0 Å². The molecule has 0 aliphatic heterocycles. The molecule has 0 aliphatic carbocycles. The molecule has 3 aromatic rings. The Balaban J connectivity index is 1.90. The number of anilines is 4. The van der Waals surface area contributed by atoms with Crippen LogP contribution in [0.3, 0.4) is 0 Å². The van der Waals surface area contributed by atoms with Gasteiger partial charge in [0.05, 0.1) is 15.6 Å². The minimum atomic E-state index is -3.57. The highest BCUT2D eigenvalue weighted by Crippen LogP contribution is 2.34. The first-order valence-electron chi connectivity index (χ1n) is 8.99. The zero-order chi connectivity index (χ0) is 21.7. The lowest BCUT2D eigenvalue weighted by atomic mass is 10.3. The molecule has 1 aromatic carbocycles. The SMILES string of the molecule is CNS(=O)(=O)c1ccc(SC(C)C)c(Nc2cc(Nc3ccc(Cl)cn3)ncn2)c1. The molecule has 0 radical (unpaired) electrons. The number of nitrogens with zero attached hydrogens (tertiary/aromatic N) is 3. The molecule has 2 heterocycles. The van der Waals surface area contributed by atoms with E-state index in [0.29, 0.717) is 33.4 Å². The summed E-state index contributed by atoms with van der Waals surface area (Å²) in [5, 5.41) is 7.14. The zero-order valence-electron chi connectivity index (χ0n) is 16.5. The maximum Gasteiger partial charge on any atom is 0.240 e. The van der Waals surface area contributed by atoms with E-state index in [4.69, 9.17) is 11.6 Å². The Morgan fingerprint density at radius 2 is 1.70 bits per heavy atom. The van der Waals surface area contributed by atoms with Crippen molar-refractivity contribution in [2.45, 2.75) is 28.9 Å². The summed E-state index contributed by atoms with van der Waals surface area (Å²) in [6, 6.07) is 10.1. The Morgan fingerprint density at radius 3 is 2.33 bits per heavy atom. The molecule has 0 amide bonds. The van der Waals surface area contributed by atoms with Gasteiger partial charge >= 0.3 is 0 Å². The fraction of sp³-hybridized carbons (Fsp3) is 0.211. The fourth-order valence-electron chi connectivity index (χ4n) is 2.46. The molecular formula is C19H21ClN6O2S2. The molecule has 30 heavy (non-hydrogen) atoms. The normalized spacial score (nSPS) is 11.5. The van der Waals surface area contributed by atoms with Crippen LogP contribution in [0.1, 0.15) is 13.8 Å². The lowest BCUT2D eigenvalue weighted by Crippen LogP contribution is -2.18. The summed E-state index contributed by atoms with van der Waals surface area (Å²) < 4.78 is 26.8. The summed E-state index contributed by atoms with van der Waals surface area (Å²) in [6.45, 7) is 4.14. The van der Waals surface area contributed by atoms with Crippen molar-refractivity contribution in [3.63, 3.8) is 0 Å². The van der Waals surface area contributed by atoms with Crippen LogP contribution in [0.25, 0.3) is 0 Å². The average Bonchev–Trinajstić information content (AvgIpc) is 2.71. The topological polar surface area (TPSA) is 109 Å². The molecule has 8 nitrogen and oxygen atoms in total. The maximum absolute atomic E-state index is 12.2. The summed E-state index contributed by atoms with van der Waals surface area (Å²) in [7, 11) is -2.19. The van der Waals surface area contributed by atoms with Gasteiger partial charge < -0.3 is 10.6 Å². The molecule has 11 heteroatoms. The van der Waals surface area contributed by atoms with E-state index in [0.717, 1.165) is 4.90 Å². The van der Waals surface area contributed by atoms with Gasteiger partial charge in [-0.15, -0.1) is 11.8 Å². The van der Waals surface area contributed by atoms with Crippen LogP contribution >= 0.6 is 23.4 Å². The van der Waals surface area contributed by atoms with E-state index in [9.17, 15) is 8.42 Å². The molecule has 3 N–H and O–H groups in total. The first-order valence-corrected chi connectivity index (χ1v) is 11.7. The van der Waals surface area contributed by atoms with Crippen molar-refractivity contribution in [3.05, 3.63) is 53.9 Å². The maximum atomic E-state index is 12.2. The van der Waals surface area contributed by atoms with Crippen molar-refractivity contribution in [1.82, 2.24) is 19.7 Å². The Morgan fingerprint density at radius 1 is 0.967 bits per heavy atom. The van der Waals surface area contributed by atoms with E-state index in [1.165, 1.54) is 19.6 Å². The van der Waals surface area contributed by atoms with E-state index in [1.807, 2.05) is 0 Å². The van der Waals surface area contributed by atoms with Crippen molar-refractivity contribution in [3.8, 4) is 0 Å². The van der Waals surface area contributed by atoms with Crippen molar-refractivity contribution in [2.75, 3.05) is 17.7 Å². The van der Waals surface area contributed by atoms with Crippen LogP contribution in [0.4, 0.5) is 23.1 Å². The Hall–Kier alpha value is -2.40. The molecule has 158 valence electrons. The van der Waals surface area contributed by atoms with Gasteiger partial charge in [-0.2, -0.15) is 0 Å². The Kier molecular flexibility index (Phi) is 7.14. The van der Waals surface area contributed by atoms with Gasteiger partial charge in [-0.3, -0.25) is 0 Å². The zero-order valence-corrected chi connectivity index (χ0v) is 18.9. The second-order valence-electron chi connectivity index (χ2n) is 6.43. The molecule has 0 spiro atoms. The van der Waals surface area contributed by atoms with Crippen molar-refractivity contribution in [1.29, 1.82) is 0 Å². The number of nitrogens with one attached hydrogen (secondary N) is 3. The average molecular weight is 465 g/mol. The predicted octanol–water partition coefficient (Wildman–Crippen LogP) is 4.42. The fourth-order valence-corrected chi connectivity index (χ4v) is 4.22. The first kappa shape index (κ1) is 22.3. The number of aromatic nitrogens is 3. The number of hydrogen-bond donors (Lipinski definition) is 3. The largest absolute Gasteiger partial charge is 0.339 e. The molecule has 0 fully saturated rings. The third-order valence-corrected chi connectivity index (χ3v) is 6.52. The molecule has 2 aromatic heterocycles. The second kappa shape index (κ2) is 9.61.